The number of imide groups is 1. The highest BCUT2D eigenvalue weighted by Crippen LogP contribution is 2.29. The quantitative estimate of drug-likeness (QED) is 0.752. The Morgan fingerprint density at radius 3 is 2.36 bits per heavy atom. The molecule has 0 unspecified atom stereocenters. The molecular weight excluding hydrogens is 361 g/mol. The molecule has 2 N–H and O–H groups in total. The van der Waals surface area contributed by atoms with Gasteiger partial charge >= 0.3 is 6.03 Å². The van der Waals surface area contributed by atoms with Crippen molar-refractivity contribution in [2.75, 3.05) is 11.9 Å². The highest BCUT2D eigenvalue weighted by Gasteiger charge is 2.49. The monoisotopic (exact) mass is 383 g/mol. The first-order valence-corrected chi connectivity index (χ1v) is 9.12. The minimum Gasteiger partial charge on any atom is -0.325 e. The lowest BCUT2D eigenvalue weighted by atomic mass is 9.91. The van der Waals surface area contributed by atoms with Gasteiger partial charge in [0, 0.05) is 5.69 Å². The van der Waals surface area contributed by atoms with Gasteiger partial charge in [0.15, 0.2) is 0 Å². The number of anilines is 1. The highest BCUT2D eigenvalue weighted by atomic mass is 19.1. The first-order chi connectivity index (χ1) is 13.3. The van der Waals surface area contributed by atoms with Crippen molar-refractivity contribution in [1.29, 1.82) is 0 Å². The van der Waals surface area contributed by atoms with Crippen LogP contribution in [0.2, 0.25) is 0 Å². The third-order valence-electron chi connectivity index (χ3n) is 4.77. The van der Waals surface area contributed by atoms with E-state index in [9.17, 15) is 18.8 Å². The highest BCUT2D eigenvalue weighted by molar-refractivity contribution is 6.10. The molecule has 4 amide bonds. The van der Waals surface area contributed by atoms with Crippen molar-refractivity contribution in [3.05, 3.63) is 65.5 Å². The van der Waals surface area contributed by atoms with E-state index in [2.05, 4.69) is 17.6 Å². The number of amides is 4. The molecule has 6 nitrogen and oxygen atoms in total. The number of benzene rings is 2. The van der Waals surface area contributed by atoms with Crippen molar-refractivity contribution in [3.63, 3.8) is 0 Å². The first kappa shape index (κ1) is 19.5. The lowest BCUT2D eigenvalue weighted by Gasteiger charge is -2.22. The maximum atomic E-state index is 13.0. The van der Waals surface area contributed by atoms with Gasteiger partial charge in [-0.1, -0.05) is 37.6 Å². The molecule has 146 valence electrons. The van der Waals surface area contributed by atoms with E-state index in [0.717, 1.165) is 23.3 Å². The summed E-state index contributed by atoms with van der Waals surface area (Å²) in [5.74, 6) is -1.46. The Morgan fingerprint density at radius 1 is 1.11 bits per heavy atom. The zero-order valence-electron chi connectivity index (χ0n) is 15.8. The fourth-order valence-electron chi connectivity index (χ4n) is 3.21. The van der Waals surface area contributed by atoms with E-state index in [0.29, 0.717) is 11.3 Å². The second-order valence-electron chi connectivity index (χ2n) is 6.95. The summed E-state index contributed by atoms with van der Waals surface area (Å²) in [6.45, 7) is 3.29. The second kappa shape index (κ2) is 7.80. The molecule has 7 heteroatoms. The second-order valence-corrected chi connectivity index (χ2v) is 6.95. The number of nitrogens with one attached hydrogen (secondary N) is 2. The number of carbonyl (C=O) groups is 3. The lowest BCUT2D eigenvalue weighted by Crippen LogP contribution is -2.42. The molecule has 0 aromatic heterocycles. The molecule has 1 aliphatic heterocycles. The molecular formula is C21H22FN3O3. The number of carbonyl (C=O) groups excluding carboxylic acids is 3. The van der Waals surface area contributed by atoms with Gasteiger partial charge in [-0.15, -0.1) is 0 Å². The molecule has 3 rings (SSSR count). The number of urea groups is 1. The van der Waals surface area contributed by atoms with Crippen LogP contribution in [-0.4, -0.2) is 29.3 Å². The van der Waals surface area contributed by atoms with E-state index in [1.54, 1.807) is 6.92 Å². The molecule has 0 saturated carbocycles. The number of hydrogen-bond acceptors (Lipinski definition) is 3. The van der Waals surface area contributed by atoms with Gasteiger partial charge in [-0.25, -0.2) is 9.18 Å². The van der Waals surface area contributed by atoms with Crippen LogP contribution in [0.25, 0.3) is 0 Å². The molecule has 0 bridgehead atoms. The standard InChI is InChI=1S/C21H22FN3O3/c1-3-4-14-5-7-15(8-6-14)21(2)19(27)25(20(28)24-21)13-18(26)23-17-11-9-16(22)10-12-17/h5-12H,3-4,13H2,1-2H3,(H,23,26)(H,24,28)/t21-/m0/s1. The minimum absolute atomic E-state index is 0.382. The largest absolute Gasteiger partial charge is 0.325 e. The lowest BCUT2D eigenvalue weighted by molar-refractivity contribution is -0.133. The van der Waals surface area contributed by atoms with Crippen LogP contribution in [0.5, 0.6) is 0 Å². The number of aryl methyl sites for hydroxylation is 1. The summed E-state index contributed by atoms with van der Waals surface area (Å²) in [7, 11) is 0. The minimum atomic E-state index is -1.22. The van der Waals surface area contributed by atoms with Crippen LogP contribution in [0, 0.1) is 5.82 Å². The zero-order valence-corrected chi connectivity index (χ0v) is 15.8. The molecule has 1 saturated heterocycles. The fourth-order valence-corrected chi connectivity index (χ4v) is 3.21. The summed E-state index contributed by atoms with van der Waals surface area (Å²) in [6, 6.07) is 12.1. The van der Waals surface area contributed by atoms with Gasteiger partial charge in [0.1, 0.15) is 17.9 Å². The summed E-state index contributed by atoms with van der Waals surface area (Å²) >= 11 is 0. The summed E-state index contributed by atoms with van der Waals surface area (Å²) < 4.78 is 13.0. The van der Waals surface area contributed by atoms with Crippen LogP contribution >= 0.6 is 0 Å². The number of nitrogens with zero attached hydrogens (tertiary/aromatic N) is 1. The molecule has 1 heterocycles. The van der Waals surface area contributed by atoms with E-state index in [1.807, 2.05) is 24.3 Å². The smallest absolute Gasteiger partial charge is 0.325 e. The van der Waals surface area contributed by atoms with E-state index in [1.165, 1.54) is 24.3 Å². The molecule has 0 spiro atoms. The predicted molar refractivity (Wildman–Crippen MR) is 103 cm³/mol. The predicted octanol–water partition coefficient (Wildman–Crippen LogP) is 3.18. The van der Waals surface area contributed by atoms with Gasteiger partial charge in [-0.05, 0) is 48.7 Å². The molecule has 2 aromatic rings. The van der Waals surface area contributed by atoms with E-state index >= 15 is 0 Å². The summed E-state index contributed by atoms with van der Waals surface area (Å²) in [4.78, 5) is 38.4. The van der Waals surface area contributed by atoms with Gasteiger partial charge in [-0.2, -0.15) is 0 Å². The Hall–Kier alpha value is -3.22. The van der Waals surface area contributed by atoms with Gasteiger partial charge in [-0.3, -0.25) is 14.5 Å². The SMILES string of the molecule is CCCc1ccc([C@]2(C)NC(=O)N(CC(=O)Nc3ccc(F)cc3)C2=O)cc1. The maximum absolute atomic E-state index is 13.0. The Bertz CT molecular complexity index is 896. The Labute approximate surface area is 162 Å². The van der Waals surface area contributed by atoms with Gasteiger partial charge in [0.05, 0.1) is 0 Å². The third-order valence-corrected chi connectivity index (χ3v) is 4.77. The van der Waals surface area contributed by atoms with Crippen molar-refractivity contribution in [1.82, 2.24) is 10.2 Å². The molecule has 1 atom stereocenters. The average molecular weight is 383 g/mol. The third kappa shape index (κ3) is 3.88. The van der Waals surface area contributed by atoms with Crippen molar-refractivity contribution in [2.45, 2.75) is 32.2 Å². The summed E-state index contributed by atoms with van der Waals surface area (Å²) in [5, 5.41) is 5.23. The Balaban J connectivity index is 1.71. The van der Waals surface area contributed by atoms with Crippen LogP contribution in [0.4, 0.5) is 14.9 Å². The first-order valence-electron chi connectivity index (χ1n) is 9.12. The number of rotatable bonds is 6. The molecule has 2 aromatic carbocycles. The van der Waals surface area contributed by atoms with Crippen molar-refractivity contribution in [2.24, 2.45) is 0 Å². The van der Waals surface area contributed by atoms with Gasteiger partial charge in [0.2, 0.25) is 5.91 Å². The Kier molecular flexibility index (Phi) is 5.44. The van der Waals surface area contributed by atoms with Gasteiger partial charge < -0.3 is 10.6 Å². The van der Waals surface area contributed by atoms with Gasteiger partial charge in [0.25, 0.3) is 5.91 Å². The van der Waals surface area contributed by atoms with Crippen LogP contribution in [0.3, 0.4) is 0 Å². The molecule has 0 radical (unpaired) electrons. The van der Waals surface area contributed by atoms with E-state index in [-0.39, 0.29) is 0 Å². The summed E-state index contributed by atoms with van der Waals surface area (Å²) in [6.07, 6.45) is 1.95. The summed E-state index contributed by atoms with van der Waals surface area (Å²) in [5.41, 5.74) is 0.972. The molecule has 0 aliphatic carbocycles. The van der Waals surface area contributed by atoms with Crippen LogP contribution in [0.15, 0.2) is 48.5 Å². The van der Waals surface area contributed by atoms with Crippen molar-refractivity contribution in [3.8, 4) is 0 Å². The van der Waals surface area contributed by atoms with E-state index in [4.69, 9.17) is 0 Å². The molecule has 1 aliphatic rings. The van der Waals surface area contributed by atoms with Crippen LogP contribution in [0.1, 0.15) is 31.4 Å². The fraction of sp³-hybridized carbons (Fsp3) is 0.286. The van der Waals surface area contributed by atoms with Crippen LogP contribution in [-0.2, 0) is 21.5 Å². The van der Waals surface area contributed by atoms with Crippen LogP contribution < -0.4 is 10.6 Å². The molecule has 28 heavy (non-hydrogen) atoms. The topological polar surface area (TPSA) is 78.5 Å². The molecule has 1 fully saturated rings. The number of halogens is 1. The Morgan fingerprint density at radius 2 is 1.75 bits per heavy atom. The number of hydrogen-bond donors (Lipinski definition) is 2. The van der Waals surface area contributed by atoms with Crippen molar-refractivity contribution < 1.29 is 18.8 Å². The van der Waals surface area contributed by atoms with E-state index < -0.39 is 35.7 Å². The maximum Gasteiger partial charge on any atom is 0.325 e. The average Bonchev–Trinajstić information content (AvgIpc) is 2.88. The normalized spacial score (nSPS) is 18.9. The van der Waals surface area contributed by atoms with Crippen molar-refractivity contribution >= 4 is 23.5 Å². The zero-order chi connectivity index (χ0) is 20.3.